The van der Waals surface area contributed by atoms with Crippen molar-refractivity contribution in [1.82, 2.24) is 10.0 Å². The molecule has 0 amide bonds. The molecule has 0 aromatic rings. The molecule has 2 unspecified atom stereocenters. The summed E-state index contributed by atoms with van der Waals surface area (Å²) in [6, 6.07) is 0.0825. The second-order valence-corrected chi connectivity index (χ2v) is 6.31. The first-order valence-corrected chi connectivity index (χ1v) is 7.74. The molecular weight excluding hydrogens is 224 g/mol. The molecule has 0 aromatic heterocycles. The van der Waals surface area contributed by atoms with Crippen molar-refractivity contribution in [2.75, 3.05) is 13.1 Å². The van der Waals surface area contributed by atoms with Gasteiger partial charge in [0, 0.05) is 12.6 Å². The number of sulfonamides is 1. The smallest absolute Gasteiger partial charge is 0.215 e. The van der Waals surface area contributed by atoms with E-state index in [1.807, 2.05) is 13.8 Å². The Hall–Kier alpha value is -0.130. The fourth-order valence-corrected chi connectivity index (χ4v) is 2.82. The normalized spacial score (nSPS) is 16.0. The van der Waals surface area contributed by atoms with E-state index in [-0.39, 0.29) is 11.3 Å². The van der Waals surface area contributed by atoms with Crippen molar-refractivity contribution in [3.63, 3.8) is 0 Å². The largest absolute Gasteiger partial charge is 0.316 e. The van der Waals surface area contributed by atoms with Crippen LogP contribution < -0.4 is 10.0 Å². The summed E-state index contributed by atoms with van der Waals surface area (Å²) < 4.78 is 26.6. The Balaban J connectivity index is 4.30. The van der Waals surface area contributed by atoms with Gasteiger partial charge in [-0.05, 0) is 26.3 Å². The van der Waals surface area contributed by atoms with Gasteiger partial charge in [-0.2, -0.15) is 0 Å². The fraction of sp³-hybridized carbons (Fsp3) is 1.00. The second-order valence-electron chi connectivity index (χ2n) is 4.18. The highest BCUT2D eigenvalue weighted by Crippen LogP contribution is 2.06. The molecule has 0 spiro atoms. The molecule has 0 aliphatic rings. The first-order chi connectivity index (χ1) is 7.47. The molecule has 0 aromatic carbocycles. The lowest BCUT2D eigenvalue weighted by Gasteiger charge is -2.20. The highest BCUT2D eigenvalue weighted by atomic mass is 32.2. The van der Waals surface area contributed by atoms with Crippen molar-refractivity contribution in [2.45, 2.75) is 58.2 Å². The second kappa shape index (κ2) is 8.03. The van der Waals surface area contributed by atoms with Crippen LogP contribution in [0.3, 0.4) is 0 Å². The van der Waals surface area contributed by atoms with E-state index in [0.717, 1.165) is 25.8 Å². The molecule has 0 fully saturated rings. The predicted octanol–water partition coefficient (Wildman–Crippen LogP) is 1.48. The lowest BCUT2D eigenvalue weighted by Crippen LogP contribution is -2.43. The third-order valence-corrected chi connectivity index (χ3v) is 4.56. The number of rotatable bonds is 9. The average molecular weight is 250 g/mol. The summed E-state index contributed by atoms with van der Waals surface area (Å²) in [5, 5.41) is 2.68. The van der Waals surface area contributed by atoms with Crippen LogP contribution in [-0.2, 0) is 10.0 Å². The minimum Gasteiger partial charge on any atom is -0.316 e. The van der Waals surface area contributed by atoms with Crippen LogP contribution in [0.5, 0.6) is 0 Å². The van der Waals surface area contributed by atoms with Gasteiger partial charge in [0.2, 0.25) is 10.0 Å². The fourth-order valence-electron chi connectivity index (χ4n) is 1.50. The van der Waals surface area contributed by atoms with Crippen molar-refractivity contribution in [2.24, 2.45) is 0 Å². The molecule has 5 heteroatoms. The number of hydrogen-bond acceptors (Lipinski definition) is 3. The Kier molecular flexibility index (Phi) is 7.97. The zero-order valence-corrected chi connectivity index (χ0v) is 11.7. The molecule has 2 N–H and O–H groups in total. The van der Waals surface area contributed by atoms with Crippen molar-refractivity contribution in [1.29, 1.82) is 0 Å². The summed E-state index contributed by atoms with van der Waals surface area (Å²) in [4.78, 5) is 0. The van der Waals surface area contributed by atoms with Crippen LogP contribution in [0.2, 0.25) is 0 Å². The van der Waals surface area contributed by atoms with Crippen molar-refractivity contribution in [3.05, 3.63) is 0 Å². The molecule has 0 rings (SSSR count). The monoisotopic (exact) mass is 250 g/mol. The Morgan fingerprint density at radius 1 is 1.19 bits per heavy atom. The summed E-state index contributed by atoms with van der Waals surface area (Å²) in [5.74, 6) is 0. The van der Waals surface area contributed by atoms with E-state index in [1.54, 1.807) is 6.92 Å². The van der Waals surface area contributed by atoms with Crippen molar-refractivity contribution < 1.29 is 8.42 Å². The first kappa shape index (κ1) is 15.9. The Morgan fingerprint density at radius 2 is 1.81 bits per heavy atom. The van der Waals surface area contributed by atoms with Gasteiger partial charge in [0.05, 0.1) is 5.25 Å². The van der Waals surface area contributed by atoms with Crippen LogP contribution in [0.4, 0.5) is 0 Å². The molecule has 0 saturated carbocycles. The van der Waals surface area contributed by atoms with Gasteiger partial charge >= 0.3 is 0 Å². The maximum atomic E-state index is 11.9. The van der Waals surface area contributed by atoms with Crippen LogP contribution in [-0.4, -0.2) is 32.8 Å². The lowest BCUT2D eigenvalue weighted by molar-refractivity contribution is 0.502. The Labute approximate surface area is 100 Å². The van der Waals surface area contributed by atoms with Gasteiger partial charge in [-0.3, -0.25) is 0 Å². The van der Waals surface area contributed by atoms with E-state index in [4.69, 9.17) is 0 Å². The van der Waals surface area contributed by atoms with E-state index in [9.17, 15) is 8.42 Å². The highest BCUT2D eigenvalue weighted by Gasteiger charge is 2.22. The van der Waals surface area contributed by atoms with Gasteiger partial charge in [-0.25, -0.2) is 13.1 Å². The van der Waals surface area contributed by atoms with Gasteiger partial charge in [0.25, 0.3) is 0 Å². The zero-order valence-electron chi connectivity index (χ0n) is 10.9. The topological polar surface area (TPSA) is 58.2 Å². The highest BCUT2D eigenvalue weighted by molar-refractivity contribution is 7.90. The van der Waals surface area contributed by atoms with E-state index in [2.05, 4.69) is 17.0 Å². The van der Waals surface area contributed by atoms with Crippen LogP contribution in [0.1, 0.15) is 47.0 Å². The summed E-state index contributed by atoms with van der Waals surface area (Å²) in [5.41, 5.74) is 0. The van der Waals surface area contributed by atoms with Crippen LogP contribution in [0.15, 0.2) is 0 Å². The molecule has 0 aliphatic heterocycles. The maximum absolute atomic E-state index is 11.9. The predicted molar refractivity (Wildman–Crippen MR) is 69.0 cm³/mol. The number of hydrogen-bond donors (Lipinski definition) is 2. The average Bonchev–Trinajstić information content (AvgIpc) is 2.24. The van der Waals surface area contributed by atoms with Gasteiger partial charge < -0.3 is 5.32 Å². The molecule has 2 atom stereocenters. The zero-order chi connectivity index (χ0) is 12.6. The van der Waals surface area contributed by atoms with Crippen LogP contribution >= 0.6 is 0 Å². The summed E-state index contributed by atoms with van der Waals surface area (Å²) in [7, 11) is -3.18. The molecule has 4 nitrogen and oxygen atoms in total. The third kappa shape index (κ3) is 5.82. The maximum Gasteiger partial charge on any atom is 0.215 e. The standard InChI is InChI=1S/C11H26N2O2S/c1-5-8-11(6-2)13-16(14,15)10(4)9-12-7-3/h10-13H,5-9H2,1-4H3. The van der Waals surface area contributed by atoms with E-state index < -0.39 is 10.0 Å². The number of nitrogens with one attached hydrogen (secondary N) is 2. The van der Waals surface area contributed by atoms with Gasteiger partial charge in [-0.15, -0.1) is 0 Å². The molecule has 16 heavy (non-hydrogen) atoms. The lowest BCUT2D eigenvalue weighted by atomic mass is 10.1. The van der Waals surface area contributed by atoms with Gasteiger partial charge in [0.15, 0.2) is 0 Å². The molecule has 98 valence electrons. The minimum atomic E-state index is -3.18. The van der Waals surface area contributed by atoms with Crippen LogP contribution in [0, 0.1) is 0 Å². The van der Waals surface area contributed by atoms with E-state index >= 15 is 0 Å². The summed E-state index contributed by atoms with van der Waals surface area (Å²) in [6.07, 6.45) is 2.76. The SMILES string of the molecule is CCCC(CC)NS(=O)(=O)C(C)CNCC. The van der Waals surface area contributed by atoms with E-state index in [0.29, 0.717) is 6.54 Å². The Bertz CT molecular complexity index is 265. The Morgan fingerprint density at radius 3 is 2.25 bits per heavy atom. The van der Waals surface area contributed by atoms with E-state index in [1.165, 1.54) is 0 Å². The minimum absolute atomic E-state index is 0.0825. The molecule has 0 aliphatic carbocycles. The first-order valence-electron chi connectivity index (χ1n) is 6.19. The van der Waals surface area contributed by atoms with Crippen molar-refractivity contribution >= 4 is 10.0 Å². The molecule has 0 radical (unpaired) electrons. The van der Waals surface area contributed by atoms with Crippen LogP contribution in [0.25, 0.3) is 0 Å². The van der Waals surface area contributed by atoms with Gasteiger partial charge in [0.1, 0.15) is 0 Å². The quantitative estimate of drug-likeness (QED) is 0.652. The molecule has 0 bridgehead atoms. The molecular formula is C11H26N2O2S. The third-order valence-electron chi connectivity index (χ3n) is 2.67. The molecule has 0 saturated heterocycles. The van der Waals surface area contributed by atoms with Gasteiger partial charge in [-0.1, -0.05) is 27.2 Å². The molecule has 0 heterocycles. The summed E-state index contributed by atoms with van der Waals surface area (Å²) >= 11 is 0. The summed E-state index contributed by atoms with van der Waals surface area (Å²) in [6.45, 7) is 9.10. The van der Waals surface area contributed by atoms with Crippen molar-refractivity contribution in [3.8, 4) is 0 Å².